The first kappa shape index (κ1) is 13.5. The zero-order chi connectivity index (χ0) is 13.4. The minimum atomic E-state index is -0.428. The molecule has 1 aliphatic carbocycles. The zero-order valence-corrected chi connectivity index (χ0v) is 12.2. The maximum Gasteiger partial charge on any atom is 0.132 e. The van der Waals surface area contributed by atoms with E-state index in [4.69, 9.17) is 0 Å². The molecule has 0 bridgehead atoms. The topological polar surface area (TPSA) is 15.3 Å². The summed E-state index contributed by atoms with van der Waals surface area (Å²) in [5, 5.41) is 3.28. The van der Waals surface area contributed by atoms with Crippen LogP contribution in [-0.2, 0) is 0 Å². The normalized spacial score (nSPS) is 22.5. The van der Waals surface area contributed by atoms with Gasteiger partial charge >= 0.3 is 0 Å². The van der Waals surface area contributed by atoms with Crippen LogP contribution in [0.3, 0.4) is 0 Å². The van der Waals surface area contributed by atoms with Crippen molar-refractivity contribution >= 4 is 15.9 Å². The van der Waals surface area contributed by atoms with Crippen molar-refractivity contribution in [3.63, 3.8) is 0 Å². The number of nitrogens with zero attached hydrogens (tertiary/aromatic N) is 1. The number of halogens is 3. The van der Waals surface area contributed by atoms with E-state index in [1.54, 1.807) is 0 Å². The second kappa shape index (κ2) is 5.46. The van der Waals surface area contributed by atoms with Gasteiger partial charge in [0.15, 0.2) is 0 Å². The lowest BCUT2D eigenvalue weighted by Crippen LogP contribution is -2.46. The Bertz CT molecular complexity index is 448. The molecule has 104 valence electrons. The molecular formula is C14H17BrF2N2. The molecule has 19 heavy (non-hydrogen) atoms. The molecule has 0 radical (unpaired) electrons. The second-order valence-electron chi connectivity index (χ2n) is 5.35. The van der Waals surface area contributed by atoms with Crippen LogP contribution in [0.5, 0.6) is 0 Å². The SMILES string of the molecule is Fc1cc(Br)cc(F)c1[C@H](C1CC1)N1CCNCC1. The van der Waals surface area contributed by atoms with Gasteiger partial charge in [-0.15, -0.1) is 0 Å². The maximum atomic E-state index is 14.2. The molecule has 0 aromatic heterocycles. The van der Waals surface area contributed by atoms with Gasteiger partial charge in [-0.2, -0.15) is 0 Å². The Morgan fingerprint density at radius 3 is 2.26 bits per heavy atom. The Morgan fingerprint density at radius 2 is 1.74 bits per heavy atom. The molecular weight excluding hydrogens is 314 g/mol. The number of piperazine rings is 1. The Labute approximate surface area is 120 Å². The van der Waals surface area contributed by atoms with Crippen LogP contribution in [0.15, 0.2) is 16.6 Å². The van der Waals surface area contributed by atoms with Crippen LogP contribution in [0, 0.1) is 17.6 Å². The Morgan fingerprint density at radius 1 is 1.16 bits per heavy atom. The molecule has 0 unspecified atom stereocenters. The number of hydrogen-bond acceptors (Lipinski definition) is 2. The maximum absolute atomic E-state index is 14.2. The largest absolute Gasteiger partial charge is 0.314 e. The third-order valence-electron chi connectivity index (χ3n) is 3.95. The number of rotatable bonds is 3. The van der Waals surface area contributed by atoms with Gasteiger partial charge in [0.05, 0.1) is 0 Å². The molecule has 3 rings (SSSR count). The monoisotopic (exact) mass is 330 g/mol. The van der Waals surface area contributed by atoms with E-state index in [1.807, 2.05) is 0 Å². The van der Waals surface area contributed by atoms with Crippen molar-refractivity contribution in [3.05, 3.63) is 33.8 Å². The molecule has 1 atom stereocenters. The highest BCUT2D eigenvalue weighted by Crippen LogP contribution is 2.46. The summed E-state index contributed by atoms with van der Waals surface area (Å²) >= 11 is 3.14. The quantitative estimate of drug-likeness (QED) is 0.916. The molecule has 1 N–H and O–H groups in total. The molecule has 2 aliphatic rings. The van der Waals surface area contributed by atoms with Crippen molar-refractivity contribution in [1.82, 2.24) is 10.2 Å². The van der Waals surface area contributed by atoms with Crippen molar-refractivity contribution in [2.75, 3.05) is 26.2 Å². The van der Waals surface area contributed by atoms with Gasteiger partial charge in [-0.25, -0.2) is 8.78 Å². The summed E-state index contributed by atoms with van der Waals surface area (Å²) in [5.41, 5.74) is 0.257. The minimum Gasteiger partial charge on any atom is -0.314 e. The Hall–Kier alpha value is -0.520. The first-order valence-electron chi connectivity index (χ1n) is 6.76. The predicted molar refractivity (Wildman–Crippen MR) is 74.0 cm³/mol. The molecule has 1 aliphatic heterocycles. The Kier molecular flexibility index (Phi) is 3.87. The summed E-state index contributed by atoms with van der Waals surface area (Å²) in [4.78, 5) is 2.23. The molecule has 1 heterocycles. The molecule has 1 saturated heterocycles. The summed E-state index contributed by atoms with van der Waals surface area (Å²) in [6.45, 7) is 3.50. The van der Waals surface area contributed by atoms with Gasteiger partial charge in [-0.3, -0.25) is 4.90 Å². The van der Waals surface area contributed by atoms with E-state index in [9.17, 15) is 8.78 Å². The van der Waals surface area contributed by atoms with Crippen molar-refractivity contribution in [2.45, 2.75) is 18.9 Å². The standard InChI is InChI=1S/C14H17BrF2N2/c15-10-7-11(16)13(12(17)8-10)14(9-1-2-9)19-5-3-18-4-6-19/h7-9,14,18H,1-6H2/t14-/m0/s1. The van der Waals surface area contributed by atoms with Crippen LogP contribution >= 0.6 is 15.9 Å². The number of benzene rings is 1. The van der Waals surface area contributed by atoms with E-state index in [-0.39, 0.29) is 11.6 Å². The molecule has 2 fully saturated rings. The highest BCUT2D eigenvalue weighted by molar-refractivity contribution is 9.10. The predicted octanol–water partition coefficient (Wildman–Crippen LogP) is 3.08. The highest BCUT2D eigenvalue weighted by Gasteiger charge is 2.39. The van der Waals surface area contributed by atoms with Crippen LogP contribution < -0.4 is 5.32 Å². The first-order chi connectivity index (χ1) is 9.16. The molecule has 0 amide bonds. The summed E-state index contributed by atoms with van der Waals surface area (Å²) in [6, 6.07) is 2.64. The van der Waals surface area contributed by atoms with Crippen molar-refractivity contribution in [2.24, 2.45) is 5.92 Å². The summed E-state index contributed by atoms with van der Waals surface area (Å²) < 4.78 is 28.8. The highest BCUT2D eigenvalue weighted by atomic mass is 79.9. The average molecular weight is 331 g/mol. The number of hydrogen-bond donors (Lipinski definition) is 1. The van der Waals surface area contributed by atoms with E-state index >= 15 is 0 Å². The van der Waals surface area contributed by atoms with Crippen LogP contribution in [0.25, 0.3) is 0 Å². The van der Waals surface area contributed by atoms with Gasteiger partial charge in [0.1, 0.15) is 11.6 Å². The smallest absolute Gasteiger partial charge is 0.132 e. The van der Waals surface area contributed by atoms with E-state index in [0.29, 0.717) is 10.4 Å². The average Bonchev–Trinajstić information content (AvgIpc) is 3.18. The van der Waals surface area contributed by atoms with Crippen LogP contribution in [0.1, 0.15) is 24.4 Å². The molecule has 2 nitrogen and oxygen atoms in total. The Balaban J connectivity index is 1.95. The van der Waals surface area contributed by atoms with Crippen LogP contribution in [0.2, 0.25) is 0 Å². The van der Waals surface area contributed by atoms with E-state index < -0.39 is 11.6 Å². The third kappa shape index (κ3) is 2.83. The zero-order valence-electron chi connectivity index (χ0n) is 10.6. The molecule has 1 saturated carbocycles. The van der Waals surface area contributed by atoms with E-state index in [2.05, 4.69) is 26.1 Å². The summed E-state index contributed by atoms with van der Waals surface area (Å²) in [5.74, 6) is -0.451. The van der Waals surface area contributed by atoms with Crippen LogP contribution in [-0.4, -0.2) is 31.1 Å². The molecule has 0 spiro atoms. The van der Waals surface area contributed by atoms with Gasteiger partial charge in [0, 0.05) is 42.3 Å². The second-order valence-corrected chi connectivity index (χ2v) is 6.27. The fourth-order valence-electron chi connectivity index (χ4n) is 2.92. The fourth-order valence-corrected chi connectivity index (χ4v) is 3.33. The fraction of sp³-hybridized carbons (Fsp3) is 0.571. The summed E-state index contributed by atoms with van der Waals surface area (Å²) in [7, 11) is 0. The first-order valence-corrected chi connectivity index (χ1v) is 7.55. The lowest BCUT2D eigenvalue weighted by Gasteiger charge is -2.35. The van der Waals surface area contributed by atoms with E-state index in [0.717, 1.165) is 39.0 Å². The van der Waals surface area contributed by atoms with Gasteiger partial charge in [-0.1, -0.05) is 15.9 Å². The van der Waals surface area contributed by atoms with Gasteiger partial charge in [-0.05, 0) is 30.9 Å². The van der Waals surface area contributed by atoms with E-state index in [1.165, 1.54) is 12.1 Å². The molecule has 5 heteroatoms. The number of nitrogens with one attached hydrogen (secondary N) is 1. The van der Waals surface area contributed by atoms with Gasteiger partial charge < -0.3 is 5.32 Å². The van der Waals surface area contributed by atoms with Gasteiger partial charge in [0.25, 0.3) is 0 Å². The van der Waals surface area contributed by atoms with Crippen molar-refractivity contribution in [1.29, 1.82) is 0 Å². The minimum absolute atomic E-state index is 0.102. The lowest BCUT2D eigenvalue weighted by atomic mass is 9.98. The van der Waals surface area contributed by atoms with Gasteiger partial charge in [0.2, 0.25) is 0 Å². The lowest BCUT2D eigenvalue weighted by molar-refractivity contribution is 0.149. The molecule has 1 aromatic carbocycles. The van der Waals surface area contributed by atoms with Crippen LogP contribution in [0.4, 0.5) is 8.78 Å². The summed E-state index contributed by atoms with van der Waals surface area (Å²) in [6.07, 6.45) is 2.15. The third-order valence-corrected chi connectivity index (χ3v) is 4.41. The molecule has 1 aromatic rings. The van der Waals surface area contributed by atoms with Crippen molar-refractivity contribution in [3.8, 4) is 0 Å². The van der Waals surface area contributed by atoms with Crippen molar-refractivity contribution < 1.29 is 8.78 Å².